The van der Waals surface area contributed by atoms with Gasteiger partial charge in [-0.05, 0) is 25.0 Å². The molecule has 106 valence electrons. The summed E-state index contributed by atoms with van der Waals surface area (Å²) < 4.78 is 29.1. The van der Waals surface area contributed by atoms with Gasteiger partial charge in [0.25, 0.3) is 0 Å². The maximum Gasteiger partial charge on any atom is 0.245 e. The second-order valence-electron chi connectivity index (χ2n) is 4.86. The van der Waals surface area contributed by atoms with Gasteiger partial charge in [0.2, 0.25) is 11.7 Å². The van der Waals surface area contributed by atoms with E-state index in [0.29, 0.717) is 18.4 Å². The Hall–Kier alpha value is -1.89. The Balaban J connectivity index is 1.94. The van der Waals surface area contributed by atoms with Gasteiger partial charge in [-0.1, -0.05) is 23.7 Å². The molecule has 1 saturated heterocycles. The number of aromatic nitrogens is 2. The lowest BCUT2D eigenvalue weighted by atomic mass is 10.2. The van der Waals surface area contributed by atoms with Crippen LogP contribution in [0.3, 0.4) is 0 Å². The van der Waals surface area contributed by atoms with Crippen molar-refractivity contribution in [2.75, 3.05) is 5.75 Å². The van der Waals surface area contributed by atoms with Crippen molar-refractivity contribution in [2.45, 2.75) is 24.5 Å². The van der Waals surface area contributed by atoms with Crippen molar-refractivity contribution in [3.05, 3.63) is 30.2 Å². The van der Waals surface area contributed by atoms with E-state index in [9.17, 15) is 13.5 Å². The van der Waals surface area contributed by atoms with Gasteiger partial charge in [-0.3, -0.25) is 0 Å². The summed E-state index contributed by atoms with van der Waals surface area (Å²) >= 11 is 0. The summed E-state index contributed by atoms with van der Waals surface area (Å²) in [6.07, 6.45) is 2.05. The molecule has 1 aromatic heterocycles. The molecule has 1 atom stereocenters. The lowest BCUT2D eigenvalue weighted by molar-refractivity contribution is 0.364. The summed E-state index contributed by atoms with van der Waals surface area (Å²) in [7, 11) is -3.20. The molecule has 1 unspecified atom stereocenters. The van der Waals surface area contributed by atoms with Gasteiger partial charge in [0.15, 0.2) is 9.84 Å². The number of benzene rings is 1. The number of hydrogen-bond donors (Lipinski definition) is 1. The van der Waals surface area contributed by atoms with E-state index in [1.165, 1.54) is 12.1 Å². The highest BCUT2D eigenvalue weighted by Crippen LogP contribution is 2.33. The van der Waals surface area contributed by atoms with E-state index in [0.717, 1.165) is 6.42 Å². The lowest BCUT2D eigenvalue weighted by Crippen LogP contribution is -2.21. The summed E-state index contributed by atoms with van der Waals surface area (Å²) in [5.41, 5.74) is 0.591. The maximum atomic E-state index is 12.0. The Morgan fingerprint density at radius 1 is 1.30 bits per heavy atom. The zero-order valence-corrected chi connectivity index (χ0v) is 11.5. The molecule has 0 radical (unpaired) electrons. The molecule has 0 bridgehead atoms. The minimum atomic E-state index is -3.20. The molecule has 20 heavy (non-hydrogen) atoms. The molecule has 1 fully saturated rings. The minimum Gasteiger partial charge on any atom is -0.508 e. The highest BCUT2D eigenvalue weighted by molar-refractivity contribution is 7.91. The Morgan fingerprint density at radius 2 is 2.15 bits per heavy atom. The predicted octanol–water partition coefficient (Wildman–Crippen LogP) is 2.08. The maximum absolute atomic E-state index is 12.0. The fourth-order valence-electron chi connectivity index (χ4n) is 2.36. The molecule has 7 heteroatoms. The van der Waals surface area contributed by atoms with Crippen molar-refractivity contribution < 1.29 is 18.0 Å². The molecule has 3 rings (SSSR count). The predicted molar refractivity (Wildman–Crippen MR) is 71.8 cm³/mol. The van der Waals surface area contributed by atoms with Crippen molar-refractivity contribution in [1.82, 2.24) is 10.1 Å². The zero-order valence-electron chi connectivity index (χ0n) is 10.7. The van der Waals surface area contributed by atoms with Crippen molar-refractivity contribution in [1.29, 1.82) is 0 Å². The fourth-order valence-corrected chi connectivity index (χ4v) is 4.18. The van der Waals surface area contributed by atoms with Crippen molar-refractivity contribution in [2.24, 2.45) is 0 Å². The van der Waals surface area contributed by atoms with E-state index in [1.807, 2.05) is 0 Å². The summed E-state index contributed by atoms with van der Waals surface area (Å²) in [5, 5.41) is 12.5. The topological polar surface area (TPSA) is 93.3 Å². The smallest absolute Gasteiger partial charge is 0.245 e. The van der Waals surface area contributed by atoms with Crippen LogP contribution in [0, 0.1) is 0 Å². The number of rotatable bonds is 2. The summed E-state index contributed by atoms with van der Waals surface area (Å²) in [6, 6.07) is 6.43. The van der Waals surface area contributed by atoms with Crippen molar-refractivity contribution >= 4 is 9.84 Å². The molecule has 1 N–H and O–H groups in total. The van der Waals surface area contributed by atoms with E-state index in [2.05, 4.69) is 10.1 Å². The molecule has 6 nitrogen and oxygen atoms in total. The van der Waals surface area contributed by atoms with Crippen molar-refractivity contribution in [3.63, 3.8) is 0 Å². The molecule has 1 aromatic carbocycles. The van der Waals surface area contributed by atoms with E-state index < -0.39 is 15.1 Å². The molecule has 0 saturated carbocycles. The van der Waals surface area contributed by atoms with Crippen LogP contribution in [0.4, 0.5) is 0 Å². The minimum absolute atomic E-state index is 0.0964. The van der Waals surface area contributed by atoms with Gasteiger partial charge in [0, 0.05) is 5.56 Å². The Bertz CT molecular complexity index is 723. The van der Waals surface area contributed by atoms with E-state index >= 15 is 0 Å². The number of aromatic hydroxyl groups is 1. The highest BCUT2D eigenvalue weighted by Gasteiger charge is 2.34. The average Bonchev–Trinajstić information content (AvgIpc) is 2.87. The van der Waals surface area contributed by atoms with Gasteiger partial charge in [-0.2, -0.15) is 4.98 Å². The monoisotopic (exact) mass is 294 g/mol. The first-order valence-corrected chi connectivity index (χ1v) is 8.12. The second-order valence-corrected chi connectivity index (χ2v) is 7.16. The summed E-state index contributed by atoms with van der Waals surface area (Å²) in [4.78, 5) is 4.17. The number of nitrogens with zero attached hydrogens (tertiary/aromatic N) is 2. The van der Waals surface area contributed by atoms with Crippen LogP contribution in [0.15, 0.2) is 28.8 Å². The van der Waals surface area contributed by atoms with Gasteiger partial charge in [0.05, 0.1) is 5.75 Å². The standard InChI is InChI=1S/C13H14N2O4S/c16-10-5-3-4-9(8-10)12-14-13(19-15-12)11-6-1-2-7-20(11,17)18/h3-5,8,11,16H,1-2,6-7H2. The van der Waals surface area contributed by atoms with Crippen LogP contribution in [-0.4, -0.2) is 29.4 Å². The number of sulfone groups is 1. The van der Waals surface area contributed by atoms with Crippen LogP contribution in [0.25, 0.3) is 11.4 Å². The highest BCUT2D eigenvalue weighted by atomic mass is 32.2. The van der Waals surface area contributed by atoms with Crippen LogP contribution in [0.2, 0.25) is 0 Å². The van der Waals surface area contributed by atoms with Crippen LogP contribution < -0.4 is 0 Å². The van der Waals surface area contributed by atoms with Gasteiger partial charge in [0.1, 0.15) is 11.0 Å². The number of phenolic OH excluding ortho intramolecular Hbond substituents is 1. The number of hydrogen-bond acceptors (Lipinski definition) is 6. The Labute approximate surface area is 116 Å². The molecule has 2 aromatic rings. The zero-order chi connectivity index (χ0) is 14.2. The largest absolute Gasteiger partial charge is 0.508 e. The number of phenols is 1. The first-order valence-electron chi connectivity index (χ1n) is 6.41. The first-order chi connectivity index (χ1) is 9.56. The van der Waals surface area contributed by atoms with Crippen LogP contribution in [0.5, 0.6) is 5.75 Å². The quantitative estimate of drug-likeness (QED) is 0.911. The fraction of sp³-hybridized carbons (Fsp3) is 0.385. The third kappa shape index (κ3) is 2.40. The molecule has 0 aliphatic carbocycles. The van der Waals surface area contributed by atoms with E-state index in [1.54, 1.807) is 12.1 Å². The van der Waals surface area contributed by atoms with Crippen LogP contribution in [-0.2, 0) is 9.84 Å². The molecular formula is C13H14N2O4S. The molecule has 2 heterocycles. The molecule has 0 amide bonds. The summed E-state index contributed by atoms with van der Waals surface area (Å²) in [6.45, 7) is 0. The van der Waals surface area contributed by atoms with Gasteiger partial charge in [-0.25, -0.2) is 8.42 Å². The first kappa shape index (κ1) is 13.1. The normalized spacial score (nSPS) is 21.7. The average molecular weight is 294 g/mol. The summed E-state index contributed by atoms with van der Waals surface area (Å²) in [5.74, 6) is 0.695. The lowest BCUT2D eigenvalue weighted by Gasteiger charge is -2.18. The SMILES string of the molecule is O=S1(=O)CCCCC1c1nc(-c2cccc(O)c2)no1. The van der Waals surface area contributed by atoms with E-state index in [-0.39, 0.29) is 23.2 Å². The molecular weight excluding hydrogens is 280 g/mol. The second kappa shape index (κ2) is 4.90. The van der Waals surface area contributed by atoms with Gasteiger partial charge < -0.3 is 9.63 Å². The third-order valence-electron chi connectivity index (χ3n) is 3.40. The van der Waals surface area contributed by atoms with Crippen molar-refractivity contribution in [3.8, 4) is 17.1 Å². The van der Waals surface area contributed by atoms with Gasteiger partial charge >= 0.3 is 0 Å². The molecule has 1 aliphatic heterocycles. The Kier molecular flexibility index (Phi) is 3.21. The molecule has 0 spiro atoms. The Morgan fingerprint density at radius 3 is 2.90 bits per heavy atom. The third-order valence-corrected chi connectivity index (χ3v) is 5.56. The van der Waals surface area contributed by atoms with Crippen LogP contribution in [0.1, 0.15) is 30.4 Å². The molecule has 1 aliphatic rings. The van der Waals surface area contributed by atoms with E-state index in [4.69, 9.17) is 4.52 Å². The van der Waals surface area contributed by atoms with Gasteiger partial charge in [-0.15, -0.1) is 0 Å². The van der Waals surface area contributed by atoms with Crippen LogP contribution >= 0.6 is 0 Å².